The summed E-state index contributed by atoms with van der Waals surface area (Å²) in [6, 6.07) is 6.35. The standard InChI is InChI=1S/C11H13IN4/c1-8-5-9(12)3-4-11(8)13-6-10-7-14-15-16(10)2/h3-5,7,13H,6H2,1-2H3. The van der Waals surface area contributed by atoms with E-state index in [2.05, 4.69) is 63.3 Å². The van der Waals surface area contributed by atoms with Gasteiger partial charge in [0.25, 0.3) is 0 Å². The van der Waals surface area contributed by atoms with E-state index in [9.17, 15) is 0 Å². The van der Waals surface area contributed by atoms with Gasteiger partial charge in [0.15, 0.2) is 0 Å². The zero-order valence-corrected chi connectivity index (χ0v) is 11.4. The number of rotatable bonds is 3. The lowest BCUT2D eigenvalue weighted by atomic mass is 10.2. The highest BCUT2D eigenvalue weighted by Crippen LogP contribution is 2.18. The molecule has 1 aromatic heterocycles. The van der Waals surface area contributed by atoms with Gasteiger partial charge in [0.2, 0.25) is 0 Å². The average molecular weight is 328 g/mol. The summed E-state index contributed by atoms with van der Waals surface area (Å²) in [7, 11) is 1.89. The number of anilines is 1. The van der Waals surface area contributed by atoms with E-state index in [1.165, 1.54) is 9.13 Å². The summed E-state index contributed by atoms with van der Waals surface area (Å²) in [5, 5.41) is 11.1. The van der Waals surface area contributed by atoms with Crippen LogP contribution in [-0.4, -0.2) is 15.0 Å². The molecule has 1 aromatic carbocycles. The monoisotopic (exact) mass is 328 g/mol. The van der Waals surface area contributed by atoms with Gasteiger partial charge in [-0.25, -0.2) is 0 Å². The maximum Gasteiger partial charge on any atom is 0.0774 e. The van der Waals surface area contributed by atoms with Crippen molar-refractivity contribution in [1.82, 2.24) is 15.0 Å². The second-order valence-electron chi connectivity index (χ2n) is 3.66. The van der Waals surface area contributed by atoms with Crippen LogP contribution in [0.15, 0.2) is 24.4 Å². The fourth-order valence-corrected chi connectivity index (χ4v) is 2.13. The SMILES string of the molecule is Cc1cc(I)ccc1NCc1cnnn1C. The third kappa shape index (κ3) is 2.52. The quantitative estimate of drug-likeness (QED) is 0.880. The Labute approximate surface area is 108 Å². The van der Waals surface area contributed by atoms with E-state index in [1.807, 2.05) is 7.05 Å². The summed E-state index contributed by atoms with van der Waals surface area (Å²) in [5.41, 5.74) is 3.47. The molecule has 2 rings (SSSR count). The lowest BCUT2D eigenvalue weighted by Crippen LogP contribution is -2.06. The molecule has 0 amide bonds. The Morgan fingerprint density at radius 2 is 2.25 bits per heavy atom. The van der Waals surface area contributed by atoms with Crippen molar-refractivity contribution in [2.45, 2.75) is 13.5 Å². The molecule has 1 heterocycles. The van der Waals surface area contributed by atoms with Crippen LogP contribution < -0.4 is 5.32 Å². The first-order valence-electron chi connectivity index (χ1n) is 5.00. The van der Waals surface area contributed by atoms with Crippen molar-refractivity contribution < 1.29 is 0 Å². The third-order valence-corrected chi connectivity index (χ3v) is 3.13. The molecular weight excluding hydrogens is 315 g/mol. The van der Waals surface area contributed by atoms with Crippen LogP contribution in [0, 0.1) is 10.5 Å². The number of benzene rings is 1. The second-order valence-corrected chi connectivity index (χ2v) is 4.91. The van der Waals surface area contributed by atoms with Gasteiger partial charge in [-0.15, -0.1) is 5.10 Å². The highest BCUT2D eigenvalue weighted by molar-refractivity contribution is 14.1. The van der Waals surface area contributed by atoms with Crippen LogP contribution in [0.25, 0.3) is 0 Å². The van der Waals surface area contributed by atoms with Crippen molar-refractivity contribution in [2.24, 2.45) is 7.05 Å². The largest absolute Gasteiger partial charge is 0.379 e. The first-order valence-corrected chi connectivity index (χ1v) is 6.08. The molecule has 5 heteroatoms. The first-order chi connectivity index (χ1) is 7.66. The molecule has 84 valence electrons. The first kappa shape index (κ1) is 11.4. The van der Waals surface area contributed by atoms with E-state index in [-0.39, 0.29) is 0 Å². The van der Waals surface area contributed by atoms with Gasteiger partial charge in [0.1, 0.15) is 0 Å². The van der Waals surface area contributed by atoms with Crippen molar-refractivity contribution in [1.29, 1.82) is 0 Å². The number of hydrogen-bond donors (Lipinski definition) is 1. The highest BCUT2D eigenvalue weighted by atomic mass is 127. The Balaban J connectivity index is 2.08. The molecule has 0 spiro atoms. The molecule has 0 unspecified atom stereocenters. The minimum atomic E-state index is 0.741. The van der Waals surface area contributed by atoms with Crippen LogP contribution in [0.1, 0.15) is 11.3 Å². The maximum absolute atomic E-state index is 3.89. The zero-order valence-electron chi connectivity index (χ0n) is 9.24. The Kier molecular flexibility index (Phi) is 3.42. The summed E-state index contributed by atoms with van der Waals surface area (Å²) in [6.07, 6.45) is 1.77. The number of nitrogens with one attached hydrogen (secondary N) is 1. The lowest BCUT2D eigenvalue weighted by Gasteiger charge is -2.09. The molecule has 0 aliphatic heterocycles. The van der Waals surface area contributed by atoms with Crippen LogP contribution >= 0.6 is 22.6 Å². The Hall–Kier alpha value is -1.11. The Bertz CT molecular complexity index is 492. The number of nitrogens with zero attached hydrogens (tertiary/aromatic N) is 3. The van der Waals surface area contributed by atoms with E-state index in [0.29, 0.717) is 0 Å². The molecule has 0 saturated carbocycles. The van der Waals surface area contributed by atoms with Crippen LogP contribution in [0.4, 0.5) is 5.69 Å². The third-order valence-electron chi connectivity index (χ3n) is 2.46. The van der Waals surface area contributed by atoms with Gasteiger partial charge < -0.3 is 5.32 Å². The number of aromatic nitrogens is 3. The minimum absolute atomic E-state index is 0.741. The van der Waals surface area contributed by atoms with Gasteiger partial charge in [-0.05, 0) is 53.3 Å². The molecule has 0 aliphatic carbocycles. The molecule has 0 aliphatic rings. The fraction of sp³-hybridized carbons (Fsp3) is 0.273. The van der Waals surface area contributed by atoms with Crippen LogP contribution in [0.5, 0.6) is 0 Å². The molecule has 0 radical (unpaired) electrons. The van der Waals surface area contributed by atoms with Crippen molar-refractivity contribution in [3.8, 4) is 0 Å². The average Bonchev–Trinajstić information content (AvgIpc) is 2.63. The molecule has 0 atom stereocenters. The molecule has 16 heavy (non-hydrogen) atoms. The Morgan fingerprint density at radius 3 is 2.88 bits per heavy atom. The molecule has 2 aromatic rings. The number of aryl methyl sites for hydroxylation is 2. The molecular formula is C11H13IN4. The van der Waals surface area contributed by atoms with Crippen molar-refractivity contribution in [3.63, 3.8) is 0 Å². The lowest BCUT2D eigenvalue weighted by molar-refractivity contribution is 0.683. The minimum Gasteiger partial charge on any atom is -0.379 e. The topological polar surface area (TPSA) is 42.7 Å². The van der Waals surface area contributed by atoms with E-state index >= 15 is 0 Å². The fourth-order valence-electron chi connectivity index (χ4n) is 1.48. The van der Waals surface area contributed by atoms with Gasteiger partial charge in [-0.3, -0.25) is 4.68 Å². The smallest absolute Gasteiger partial charge is 0.0774 e. The van der Waals surface area contributed by atoms with E-state index in [0.717, 1.165) is 17.9 Å². The van der Waals surface area contributed by atoms with Gasteiger partial charge in [-0.2, -0.15) is 0 Å². The summed E-state index contributed by atoms with van der Waals surface area (Å²) >= 11 is 2.31. The van der Waals surface area contributed by atoms with Gasteiger partial charge in [0.05, 0.1) is 18.4 Å². The number of halogens is 1. The van der Waals surface area contributed by atoms with Crippen molar-refractivity contribution >= 4 is 28.3 Å². The van der Waals surface area contributed by atoms with Crippen LogP contribution in [-0.2, 0) is 13.6 Å². The van der Waals surface area contributed by atoms with Crippen molar-refractivity contribution in [2.75, 3.05) is 5.32 Å². The summed E-state index contributed by atoms with van der Waals surface area (Å²) in [5.74, 6) is 0. The predicted octanol–water partition coefficient (Wildman–Crippen LogP) is 2.34. The van der Waals surface area contributed by atoms with E-state index in [4.69, 9.17) is 0 Å². The number of hydrogen-bond acceptors (Lipinski definition) is 3. The Morgan fingerprint density at radius 1 is 1.44 bits per heavy atom. The van der Waals surface area contributed by atoms with Gasteiger partial charge in [-0.1, -0.05) is 5.21 Å². The molecule has 0 fully saturated rings. The van der Waals surface area contributed by atoms with E-state index < -0.39 is 0 Å². The summed E-state index contributed by atoms with van der Waals surface area (Å²) < 4.78 is 3.03. The molecule has 1 N–H and O–H groups in total. The maximum atomic E-state index is 3.89. The predicted molar refractivity (Wildman–Crippen MR) is 72.2 cm³/mol. The summed E-state index contributed by atoms with van der Waals surface area (Å²) in [6.45, 7) is 2.84. The van der Waals surface area contributed by atoms with Gasteiger partial charge in [0, 0.05) is 16.3 Å². The molecule has 0 saturated heterocycles. The summed E-state index contributed by atoms with van der Waals surface area (Å²) in [4.78, 5) is 0. The van der Waals surface area contributed by atoms with Gasteiger partial charge >= 0.3 is 0 Å². The second kappa shape index (κ2) is 4.82. The zero-order chi connectivity index (χ0) is 11.5. The van der Waals surface area contributed by atoms with Crippen molar-refractivity contribution in [3.05, 3.63) is 39.2 Å². The van der Waals surface area contributed by atoms with Crippen LogP contribution in [0.2, 0.25) is 0 Å². The van der Waals surface area contributed by atoms with E-state index in [1.54, 1.807) is 10.9 Å². The normalized spacial score (nSPS) is 10.4. The van der Waals surface area contributed by atoms with Crippen LogP contribution in [0.3, 0.4) is 0 Å². The molecule has 4 nitrogen and oxygen atoms in total. The highest BCUT2D eigenvalue weighted by Gasteiger charge is 2.01. The molecule has 0 bridgehead atoms.